The van der Waals surface area contributed by atoms with E-state index < -0.39 is 11.9 Å². The van der Waals surface area contributed by atoms with E-state index in [-0.39, 0.29) is 11.4 Å². The van der Waals surface area contributed by atoms with Gasteiger partial charge in [-0.15, -0.1) is 5.10 Å². The average Bonchev–Trinajstić information content (AvgIpc) is 2.83. The Morgan fingerprint density at radius 1 is 1.17 bits per heavy atom. The van der Waals surface area contributed by atoms with Crippen LogP contribution in [0.15, 0.2) is 18.2 Å². The monoisotopic (exact) mass is 243 g/mol. The first kappa shape index (κ1) is 10.6. The lowest BCUT2D eigenvalue weighted by atomic mass is 10.1. The summed E-state index contributed by atoms with van der Waals surface area (Å²) in [6.07, 6.45) is 0. The second-order valence-corrected chi connectivity index (χ2v) is 4.17. The number of carbonyl (C=O) groups is 2. The number of fused-ring (bicyclic) bond motifs is 1. The van der Waals surface area contributed by atoms with E-state index in [1.807, 2.05) is 32.0 Å². The molecule has 3 rings (SSSR count). The van der Waals surface area contributed by atoms with E-state index in [4.69, 9.17) is 0 Å². The van der Waals surface area contributed by atoms with Crippen LogP contribution in [-0.4, -0.2) is 26.9 Å². The first-order valence-electron chi connectivity index (χ1n) is 5.38. The van der Waals surface area contributed by atoms with Crippen LogP contribution in [-0.2, 0) is 4.74 Å². The van der Waals surface area contributed by atoms with Crippen molar-refractivity contribution in [1.82, 2.24) is 15.0 Å². The SMILES string of the molecule is Cc1ccc(-n2nnc3c2C(=O)OC3=O)c(C)c1. The summed E-state index contributed by atoms with van der Waals surface area (Å²) >= 11 is 0. The highest BCUT2D eigenvalue weighted by molar-refractivity contribution is 6.12. The van der Waals surface area contributed by atoms with Gasteiger partial charge >= 0.3 is 11.9 Å². The molecule has 0 bridgehead atoms. The summed E-state index contributed by atoms with van der Waals surface area (Å²) in [5, 5.41) is 7.53. The van der Waals surface area contributed by atoms with Crippen molar-refractivity contribution in [2.45, 2.75) is 13.8 Å². The maximum Gasteiger partial charge on any atom is 0.369 e. The van der Waals surface area contributed by atoms with E-state index in [0.29, 0.717) is 5.69 Å². The highest BCUT2D eigenvalue weighted by atomic mass is 16.6. The highest BCUT2D eigenvalue weighted by Crippen LogP contribution is 2.22. The Bertz CT molecular complexity index is 688. The smallest absolute Gasteiger partial charge is 0.369 e. The molecule has 6 nitrogen and oxygen atoms in total. The predicted octanol–water partition coefficient (Wildman–Crippen LogP) is 1.19. The standard InChI is InChI=1S/C12H9N3O3/c1-6-3-4-8(7(2)5-6)15-10-9(13-14-15)11(16)18-12(10)17/h3-5H,1-2H3. The molecule has 2 heterocycles. The molecular weight excluding hydrogens is 234 g/mol. The molecule has 90 valence electrons. The quantitative estimate of drug-likeness (QED) is 0.555. The van der Waals surface area contributed by atoms with Crippen LogP contribution in [0.5, 0.6) is 0 Å². The van der Waals surface area contributed by atoms with Gasteiger partial charge in [-0.2, -0.15) is 0 Å². The van der Waals surface area contributed by atoms with Crippen molar-refractivity contribution >= 4 is 11.9 Å². The molecular formula is C12H9N3O3. The summed E-state index contributed by atoms with van der Waals surface area (Å²) in [6, 6.07) is 5.69. The largest absolute Gasteiger partial charge is 0.383 e. The summed E-state index contributed by atoms with van der Waals surface area (Å²) in [5.74, 6) is -1.45. The molecule has 0 saturated heterocycles. The molecule has 1 aliphatic rings. The zero-order chi connectivity index (χ0) is 12.9. The summed E-state index contributed by atoms with van der Waals surface area (Å²) in [7, 11) is 0. The van der Waals surface area contributed by atoms with Gasteiger partial charge in [-0.1, -0.05) is 22.9 Å². The second-order valence-electron chi connectivity index (χ2n) is 4.17. The molecule has 6 heteroatoms. The Hall–Kier alpha value is -2.50. The zero-order valence-electron chi connectivity index (χ0n) is 9.80. The Morgan fingerprint density at radius 2 is 1.94 bits per heavy atom. The minimum Gasteiger partial charge on any atom is -0.383 e. The Kier molecular flexibility index (Phi) is 2.07. The molecule has 0 fully saturated rings. The van der Waals surface area contributed by atoms with Crippen LogP contribution in [0.2, 0.25) is 0 Å². The second kappa shape index (κ2) is 3.49. The average molecular weight is 243 g/mol. The van der Waals surface area contributed by atoms with Gasteiger partial charge in [0.2, 0.25) is 5.69 Å². The van der Waals surface area contributed by atoms with E-state index >= 15 is 0 Å². The molecule has 0 spiro atoms. The topological polar surface area (TPSA) is 74.1 Å². The number of ether oxygens (including phenoxy) is 1. The number of rotatable bonds is 1. The molecule has 0 radical (unpaired) electrons. The first-order valence-corrected chi connectivity index (χ1v) is 5.38. The molecule has 2 aromatic rings. The van der Waals surface area contributed by atoms with Crippen LogP contribution >= 0.6 is 0 Å². The minimum atomic E-state index is -0.744. The van der Waals surface area contributed by atoms with E-state index in [2.05, 4.69) is 15.0 Å². The lowest BCUT2D eigenvalue weighted by molar-refractivity contribution is 0.0434. The molecule has 18 heavy (non-hydrogen) atoms. The van der Waals surface area contributed by atoms with Crippen LogP contribution < -0.4 is 0 Å². The number of aromatic nitrogens is 3. The molecule has 1 aromatic heterocycles. The number of aryl methyl sites for hydroxylation is 2. The number of esters is 2. The fourth-order valence-corrected chi connectivity index (χ4v) is 2.00. The molecule has 0 unspecified atom stereocenters. The number of benzene rings is 1. The lowest BCUT2D eigenvalue weighted by Crippen LogP contribution is -2.09. The van der Waals surface area contributed by atoms with Gasteiger partial charge in [-0.3, -0.25) is 0 Å². The number of nitrogens with zero attached hydrogens (tertiary/aromatic N) is 3. The fourth-order valence-electron chi connectivity index (χ4n) is 2.00. The molecule has 1 aliphatic heterocycles. The summed E-state index contributed by atoms with van der Waals surface area (Å²) in [6.45, 7) is 3.87. The number of hydrogen-bond donors (Lipinski definition) is 0. The van der Waals surface area contributed by atoms with Crippen molar-refractivity contribution in [3.63, 3.8) is 0 Å². The Labute approximate surface area is 102 Å². The van der Waals surface area contributed by atoms with E-state index in [1.165, 1.54) is 4.68 Å². The van der Waals surface area contributed by atoms with Crippen LogP contribution in [0.4, 0.5) is 0 Å². The highest BCUT2D eigenvalue weighted by Gasteiger charge is 2.37. The third-order valence-electron chi connectivity index (χ3n) is 2.82. The third kappa shape index (κ3) is 1.35. The van der Waals surface area contributed by atoms with Gasteiger partial charge in [-0.05, 0) is 25.5 Å². The number of carbonyl (C=O) groups excluding carboxylic acids is 2. The minimum absolute atomic E-state index is 0.0278. The van der Waals surface area contributed by atoms with Crippen molar-refractivity contribution in [1.29, 1.82) is 0 Å². The van der Waals surface area contributed by atoms with Crippen molar-refractivity contribution in [2.75, 3.05) is 0 Å². The van der Waals surface area contributed by atoms with Gasteiger partial charge in [0.1, 0.15) is 0 Å². The normalized spacial score (nSPS) is 13.7. The molecule has 0 amide bonds. The maximum absolute atomic E-state index is 11.6. The fraction of sp³-hybridized carbons (Fsp3) is 0.167. The van der Waals surface area contributed by atoms with Gasteiger partial charge in [0.05, 0.1) is 5.69 Å². The maximum atomic E-state index is 11.6. The Morgan fingerprint density at radius 3 is 2.67 bits per heavy atom. The molecule has 0 aliphatic carbocycles. The molecule has 1 aromatic carbocycles. The van der Waals surface area contributed by atoms with Gasteiger partial charge in [0.15, 0.2) is 5.69 Å². The Balaban J connectivity index is 2.23. The van der Waals surface area contributed by atoms with Crippen molar-refractivity contribution in [3.05, 3.63) is 40.7 Å². The number of cyclic esters (lactones) is 2. The summed E-state index contributed by atoms with van der Waals surface area (Å²) < 4.78 is 5.84. The van der Waals surface area contributed by atoms with Crippen LogP contribution in [0.1, 0.15) is 32.1 Å². The van der Waals surface area contributed by atoms with Gasteiger partial charge in [-0.25, -0.2) is 14.3 Å². The summed E-state index contributed by atoms with van der Waals surface area (Å²) in [4.78, 5) is 22.9. The van der Waals surface area contributed by atoms with Gasteiger partial charge < -0.3 is 4.74 Å². The van der Waals surface area contributed by atoms with E-state index in [0.717, 1.165) is 11.1 Å². The predicted molar refractivity (Wildman–Crippen MR) is 60.6 cm³/mol. The van der Waals surface area contributed by atoms with E-state index in [1.54, 1.807) is 0 Å². The summed E-state index contributed by atoms with van der Waals surface area (Å²) in [5.41, 5.74) is 2.81. The third-order valence-corrected chi connectivity index (χ3v) is 2.82. The van der Waals surface area contributed by atoms with Crippen LogP contribution in [0.3, 0.4) is 0 Å². The van der Waals surface area contributed by atoms with Gasteiger partial charge in [0.25, 0.3) is 0 Å². The molecule has 0 atom stereocenters. The molecule has 0 saturated carbocycles. The molecule has 0 N–H and O–H groups in total. The van der Waals surface area contributed by atoms with Gasteiger partial charge in [0, 0.05) is 0 Å². The van der Waals surface area contributed by atoms with Crippen molar-refractivity contribution in [2.24, 2.45) is 0 Å². The van der Waals surface area contributed by atoms with Crippen LogP contribution in [0.25, 0.3) is 5.69 Å². The van der Waals surface area contributed by atoms with Crippen molar-refractivity contribution < 1.29 is 14.3 Å². The van der Waals surface area contributed by atoms with Crippen molar-refractivity contribution in [3.8, 4) is 5.69 Å². The first-order chi connectivity index (χ1) is 8.58. The van der Waals surface area contributed by atoms with E-state index in [9.17, 15) is 9.59 Å². The zero-order valence-corrected chi connectivity index (χ0v) is 9.80. The van der Waals surface area contributed by atoms with Crippen LogP contribution in [0, 0.1) is 13.8 Å². The lowest BCUT2D eigenvalue weighted by Gasteiger charge is -2.07. The number of hydrogen-bond acceptors (Lipinski definition) is 5.